The van der Waals surface area contributed by atoms with Gasteiger partial charge in [-0.1, -0.05) is 30.3 Å². The fourth-order valence-corrected chi connectivity index (χ4v) is 3.65. The monoisotopic (exact) mass is 509 g/mol. The van der Waals surface area contributed by atoms with Crippen LogP contribution in [0.4, 0.5) is 30.7 Å². The summed E-state index contributed by atoms with van der Waals surface area (Å²) in [5.41, 5.74) is -4.05. The Morgan fingerprint density at radius 3 is 1.92 bits per heavy atom. The summed E-state index contributed by atoms with van der Waals surface area (Å²) in [6, 6.07) is 11.9. The molecule has 0 aliphatic carbocycles. The highest BCUT2D eigenvalue weighted by molar-refractivity contribution is 6.07. The van der Waals surface area contributed by atoms with Gasteiger partial charge in [0, 0.05) is 17.5 Å². The lowest BCUT2D eigenvalue weighted by atomic mass is 9.98. The Bertz CT molecular complexity index is 1470. The van der Waals surface area contributed by atoms with Gasteiger partial charge < -0.3 is 9.73 Å². The lowest BCUT2D eigenvalue weighted by Crippen LogP contribution is -2.25. The first-order valence-electron chi connectivity index (χ1n) is 10.2. The number of rotatable bonds is 4. The summed E-state index contributed by atoms with van der Waals surface area (Å²) in [7, 11) is 0. The van der Waals surface area contributed by atoms with E-state index in [1.54, 1.807) is 12.1 Å². The summed E-state index contributed by atoms with van der Waals surface area (Å²) < 4.78 is 97.4. The van der Waals surface area contributed by atoms with Crippen molar-refractivity contribution in [1.29, 1.82) is 0 Å². The quantitative estimate of drug-likeness (QED) is 0.317. The number of alkyl halides is 6. The molecule has 3 aromatic carbocycles. The summed E-state index contributed by atoms with van der Waals surface area (Å²) in [6.45, 7) is -0.731. The van der Waals surface area contributed by atoms with E-state index < -0.39 is 58.7 Å². The summed E-state index contributed by atoms with van der Waals surface area (Å²) in [5.74, 6) is -2.17. The van der Waals surface area contributed by atoms with Crippen molar-refractivity contribution in [2.24, 2.45) is 0 Å². The van der Waals surface area contributed by atoms with Crippen LogP contribution in [0, 0.1) is 5.82 Å². The Kier molecular flexibility index (Phi) is 6.33. The number of benzene rings is 3. The molecule has 0 bridgehead atoms. The maximum atomic E-state index is 13.5. The summed E-state index contributed by atoms with van der Waals surface area (Å²) in [6.07, 6.45) is -10.1. The maximum Gasteiger partial charge on any atom is 0.416 e. The van der Waals surface area contributed by atoms with E-state index in [2.05, 4.69) is 5.32 Å². The predicted octanol–water partition coefficient (Wildman–Crippen LogP) is 6.57. The van der Waals surface area contributed by atoms with E-state index in [1.165, 1.54) is 24.3 Å². The Morgan fingerprint density at radius 2 is 1.36 bits per heavy atom. The van der Waals surface area contributed by atoms with Gasteiger partial charge in [-0.25, -0.2) is 9.18 Å². The largest absolute Gasteiger partial charge is 0.416 e. The second-order valence-corrected chi connectivity index (χ2v) is 7.74. The number of halogens is 7. The zero-order valence-electron chi connectivity index (χ0n) is 17.9. The highest BCUT2D eigenvalue weighted by atomic mass is 19.4. The number of carbonyl (C=O) groups is 1. The van der Waals surface area contributed by atoms with E-state index in [-0.39, 0.29) is 22.4 Å². The molecule has 186 valence electrons. The topological polar surface area (TPSA) is 59.3 Å². The van der Waals surface area contributed by atoms with Crippen LogP contribution in [0.3, 0.4) is 0 Å². The minimum absolute atomic E-state index is 0.0274. The van der Waals surface area contributed by atoms with Gasteiger partial charge in [0.15, 0.2) is 0 Å². The van der Waals surface area contributed by atoms with Crippen molar-refractivity contribution in [2.75, 3.05) is 0 Å². The lowest BCUT2D eigenvalue weighted by Gasteiger charge is -2.15. The van der Waals surface area contributed by atoms with Crippen molar-refractivity contribution in [1.82, 2.24) is 5.32 Å². The molecule has 0 fully saturated rings. The molecule has 0 unspecified atom stereocenters. The summed E-state index contributed by atoms with van der Waals surface area (Å²) in [4.78, 5) is 25.4. The fourth-order valence-electron chi connectivity index (χ4n) is 3.65. The molecule has 1 heterocycles. The van der Waals surface area contributed by atoms with Gasteiger partial charge in [-0.15, -0.1) is 0 Å². The Balaban J connectivity index is 1.76. The van der Waals surface area contributed by atoms with Crippen LogP contribution in [0.1, 0.15) is 27.2 Å². The van der Waals surface area contributed by atoms with E-state index in [0.717, 1.165) is 12.1 Å². The van der Waals surface area contributed by atoms with Crippen molar-refractivity contribution < 1.29 is 39.9 Å². The zero-order valence-corrected chi connectivity index (χ0v) is 17.9. The van der Waals surface area contributed by atoms with Crippen LogP contribution in [0.2, 0.25) is 0 Å². The predicted molar refractivity (Wildman–Crippen MR) is 115 cm³/mol. The van der Waals surface area contributed by atoms with Crippen molar-refractivity contribution in [3.05, 3.63) is 105 Å². The third-order valence-electron chi connectivity index (χ3n) is 5.28. The second kappa shape index (κ2) is 9.14. The van der Waals surface area contributed by atoms with Gasteiger partial charge in [0.05, 0.1) is 16.5 Å². The maximum absolute atomic E-state index is 13.5. The van der Waals surface area contributed by atoms with Gasteiger partial charge in [-0.3, -0.25) is 4.79 Å². The Labute approximate surface area is 198 Å². The van der Waals surface area contributed by atoms with Crippen LogP contribution in [-0.4, -0.2) is 5.91 Å². The average Bonchev–Trinajstić information content (AvgIpc) is 2.82. The van der Waals surface area contributed by atoms with E-state index in [0.29, 0.717) is 17.7 Å². The average molecular weight is 509 g/mol. The van der Waals surface area contributed by atoms with Crippen LogP contribution < -0.4 is 10.9 Å². The molecule has 0 spiro atoms. The van der Waals surface area contributed by atoms with Gasteiger partial charge in [-0.2, -0.15) is 26.3 Å². The number of carbonyl (C=O) groups excluding carboxylic acids is 1. The van der Waals surface area contributed by atoms with Crippen molar-refractivity contribution in [3.8, 4) is 11.1 Å². The van der Waals surface area contributed by atoms with Crippen molar-refractivity contribution in [2.45, 2.75) is 18.9 Å². The lowest BCUT2D eigenvalue weighted by molar-refractivity contribution is -0.143. The smallest absolute Gasteiger partial charge is 0.416 e. The molecular formula is C25H14F7NO3. The minimum atomic E-state index is -5.05. The molecule has 0 aliphatic rings. The normalized spacial score (nSPS) is 12.1. The summed E-state index contributed by atoms with van der Waals surface area (Å²) in [5, 5.41) is 2.60. The number of nitrogens with one attached hydrogen (secondary N) is 1. The Morgan fingerprint density at radius 1 is 0.806 bits per heavy atom. The van der Waals surface area contributed by atoms with E-state index in [1.807, 2.05) is 0 Å². The van der Waals surface area contributed by atoms with Crippen LogP contribution in [0.25, 0.3) is 21.9 Å². The molecule has 4 aromatic rings. The van der Waals surface area contributed by atoms with Crippen LogP contribution in [-0.2, 0) is 18.9 Å². The third-order valence-corrected chi connectivity index (χ3v) is 5.28. The van der Waals surface area contributed by atoms with Gasteiger partial charge in [0.2, 0.25) is 5.76 Å². The first kappa shape index (κ1) is 25.0. The first-order valence-corrected chi connectivity index (χ1v) is 10.2. The molecule has 1 N–H and O–H groups in total. The molecule has 4 nitrogen and oxygen atoms in total. The zero-order chi connectivity index (χ0) is 26.3. The number of fused-ring (bicyclic) bond motifs is 1. The van der Waals surface area contributed by atoms with Gasteiger partial charge in [-0.05, 0) is 47.5 Å². The van der Waals surface area contributed by atoms with E-state index in [9.17, 15) is 40.3 Å². The fraction of sp³-hybridized carbons (Fsp3) is 0.120. The molecule has 1 amide bonds. The number of hydrogen-bond donors (Lipinski definition) is 1. The minimum Gasteiger partial charge on any atom is -0.416 e. The van der Waals surface area contributed by atoms with Crippen LogP contribution in [0.15, 0.2) is 75.9 Å². The second-order valence-electron chi connectivity index (χ2n) is 7.74. The first-order chi connectivity index (χ1) is 16.8. The molecule has 11 heteroatoms. The molecule has 0 atom stereocenters. The van der Waals surface area contributed by atoms with Crippen LogP contribution >= 0.6 is 0 Å². The molecule has 1 aromatic heterocycles. The SMILES string of the molecule is O=C(NCc1cc(C(F)(F)F)cc(C(F)(F)F)c1)c1oc(=O)c2ccccc2c1-c1ccc(F)cc1. The third kappa shape index (κ3) is 5.09. The van der Waals surface area contributed by atoms with Gasteiger partial charge >= 0.3 is 18.0 Å². The van der Waals surface area contributed by atoms with Gasteiger partial charge in [0.1, 0.15) is 5.82 Å². The molecule has 0 aliphatic heterocycles. The Hall–Kier alpha value is -4.15. The molecule has 36 heavy (non-hydrogen) atoms. The highest BCUT2D eigenvalue weighted by Crippen LogP contribution is 2.36. The van der Waals surface area contributed by atoms with E-state index >= 15 is 0 Å². The van der Waals surface area contributed by atoms with Crippen molar-refractivity contribution >= 4 is 16.7 Å². The summed E-state index contributed by atoms with van der Waals surface area (Å²) >= 11 is 0. The molecular weight excluding hydrogens is 495 g/mol. The molecule has 4 rings (SSSR count). The molecule has 0 saturated carbocycles. The molecule has 0 radical (unpaired) electrons. The standard InChI is InChI=1S/C25H14F7NO3/c26-17-7-5-14(6-8-17)20-18-3-1-2-4-19(18)23(35)36-21(20)22(34)33-12-13-9-15(24(27,28)29)11-16(10-13)25(30,31)32/h1-11H,12H2,(H,33,34). The number of hydrogen-bond acceptors (Lipinski definition) is 3. The van der Waals surface area contributed by atoms with E-state index in [4.69, 9.17) is 4.42 Å². The van der Waals surface area contributed by atoms with Crippen molar-refractivity contribution in [3.63, 3.8) is 0 Å². The van der Waals surface area contributed by atoms with Gasteiger partial charge in [0.25, 0.3) is 5.91 Å². The number of amides is 1. The van der Waals surface area contributed by atoms with Crippen LogP contribution in [0.5, 0.6) is 0 Å². The highest BCUT2D eigenvalue weighted by Gasteiger charge is 2.37. The molecule has 0 saturated heterocycles.